The van der Waals surface area contributed by atoms with Crippen molar-refractivity contribution in [3.63, 3.8) is 0 Å². The SMILES string of the molecule is CCN(C)S(=O)(=O)c1ccc2nc(NC(=O)c3cc(OC)cc(OC)c3)sc2c1. The summed E-state index contributed by atoms with van der Waals surface area (Å²) in [6, 6.07) is 9.57. The average Bonchev–Trinajstić information content (AvgIpc) is 3.13. The number of nitrogens with zero attached hydrogens (tertiary/aromatic N) is 2. The van der Waals surface area contributed by atoms with Crippen LogP contribution in [0.15, 0.2) is 41.3 Å². The van der Waals surface area contributed by atoms with Crippen LogP contribution in [0.2, 0.25) is 0 Å². The first-order chi connectivity index (χ1) is 13.8. The predicted molar refractivity (Wildman–Crippen MR) is 113 cm³/mol. The van der Waals surface area contributed by atoms with Gasteiger partial charge in [0.15, 0.2) is 5.13 Å². The Balaban J connectivity index is 1.89. The van der Waals surface area contributed by atoms with Crippen molar-refractivity contribution in [3.8, 4) is 11.5 Å². The molecule has 1 N–H and O–H groups in total. The third-order valence-corrected chi connectivity index (χ3v) is 7.21. The van der Waals surface area contributed by atoms with Crippen LogP contribution in [0.5, 0.6) is 11.5 Å². The van der Waals surface area contributed by atoms with Gasteiger partial charge in [-0.1, -0.05) is 18.3 Å². The molecule has 10 heteroatoms. The quantitative estimate of drug-likeness (QED) is 0.612. The average molecular weight is 436 g/mol. The fourth-order valence-corrected chi connectivity index (χ4v) is 4.76. The first-order valence-electron chi connectivity index (χ1n) is 8.69. The summed E-state index contributed by atoms with van der Waals surface area (Å²) in [7, 11) is 0.984. The van der Waals surface area contributed by atoms with E-state index in [2.05, 4.69) is 10.3 Å². The van der Waals surface area contributed by atoms with Crippen LogP contribution in [0.4, 0.5) is 5.13 Å². The van der Waals surface area contributed by atoms with Crippen molar-refractivity contribution in [2.45, 2.75) is 11.8 Å². The third kappa shape index (κ3) is 4.34. The van der Waals surface area contributed by atoms with Crippen molar-refractivity contribution in [1.29, 1.82) is 0 Å². The lowest BCUT2D eigenvalue weighted by molar-refractivity contribution is 0.102. The monoisotopic (exact) mass is 435 g/mol. The number of aromatic nitrogens is 1. The molecule has 0 radical (unpaired) electrons. The number of hydrogen-bond donors (Lipinski definition) is 1. The van der Waals surface area contributed by atoms with Gasteiger partial charge >= 0.3 is 0 Å². The fraction of sp³-hybridized carbons (Fsp3) is 0.263. The molecule has 0 aliphatic carbocycles. The molecule has 0 saturated heterocycles. The molecular formula is C19H21N3O5S2. The van der Waals surface area contributed by atoms with Crippen LogP contribution in [0.25, 0.3) is 10.2 Å². The molecule has 8 nitrogen and oxygen atoms in total. The van der Waals surface area contributed by atoms with Gasteiger partial charge in [0.2, 0.25) is 10.0 Å². The van der Waals surface area contributed by atoms with Gasteiger partial charge in [0, 0.05) is 25.2 Å². The number of benzene rings is 2. The van der Waals surface area contributed by atoms with Crippen molar-refractivity contribution < 1.29 is 22.7 Å². The number of fused-ring (bicyclic) bond motifs is 1. The van der Waals surface area contributed by atoms with Crippen molar-refractivity contribution in [2.75, 3.05) is 33.1 Å². The van der Waals surface area contributed by atoms with Gasteiger partial charge in [0.1, 0.15) is 11.5 Å². The molecule has 1 amide bonds. The van der Waals surface area contributed by atoms with E-state index < -0.39 is 10.0 Å². The molecule has 0 aliphatic rings. The van der Waals surface area contributed by atoms with Crippen LogP contribution in [0.3, 0.4) is 0 Å². The highest BCUT2D eigenvalue weighted by molar-refractivity contribution is 7.89. The van der Waals surface area contributed by atoms with Crippen LogP contribution in [-0.4, -0.2) is 51.4 Å². The van der Waals surface area contributed by atoms with Crippen molar-refractivity contribution in [1.82, 2.24) is 9.29 Å². The predicted octanol–water partition coefficient (Wildman–Crippen LogP) is 3.21. The summed E-state index contributed by atoms with van der Waals surface area (Å²) in [4.78, 5) is 17.2. The largest absolute Gasteiger partial charge is 0.497 e. The summed E-state index contributed by atoms with van der Waals surface area (Å²) in [6.07, 6.45) is 0. The number of nitrogens with one attached hydrogen (secondary N) is 1. The zero-order valence-electron chi connectivity index (χ0n) is 16.4. The van der Waals surface area contributed by atoms with E-state index in [0.717, 1.165) is 0 Å². The second kappa shape index (κ2) is 8.36. The Morgan fingerprint density at radius 2 is 1.79 bits per heavy atom. The molecule has 29 heavy (non-hydrogen) atoms. The lowest BCUT2D eigenvalue weighted by atomic mass is 10.2. The smallest absolute Gasteiger partial charge is 0.257 e. The number of sulfonamides is 1. The first kappa shape index (κ1) is 21.0. The number of carbonyl (C=O) groups excluding carboxylic acids is 1. The summed E-state index contributed by atoms with van der Waals surface area (Å²) < 4.78 is 37.3. The van der Waals surface area contributed by atoms with Crippen molar-refractivity contribution >= 4 is 42.6 Å². The maximum atomic E-state index is 12.6. The van der Waals surface area contributed by atoms with Gasteiger partial charge in [0.05, 0.1) is 29.3 Å². The number of carbonyl (C=O) groups is 1. The van der Waals surface area contributed by atoms with E-state index in [4.69, 9.17) is 9.47 Å². The number of rotatable bonds is 7. The minimum atomic E-state index is -3.56. The second-order valence-corrected chi connectivity index (χ2v) is 9.20. The molecular weight excluding hydrogens is 414 g/mol. The van der Waals surface area contributed by atoms with E-state index in [1.807, 2.05) is 0 Å². The van der Waals surface area contributed by atoms with Gasteiger partial charge in [0.25, 0.3) is 5.91 Å². The minimum Gasteiger partial charge on any atom is -0.497 e. The Morgan fingerprint density at radius 1 is 1.14 bits per heavy atom. The van der Waals surface area contributed by atoms with Crippen LogP contribution >= 0.6 is 11.3 Å². The third-order valence-electron chi connectivity index (χ3n) is 4.35. The molecule has 1 aromatic heterocycles. The summed E-state index contributed by atoms with van der Waals surface area (Å²) in [5.74, 6) is 0.613. The van der Waals surface area contributed by atoms with Gasteiger partial charge in [-0.2, -0.15) is 0 Å². The van der Waals surface area contributed by atoms with E-state index in [0.29, 0.717) is 39.0 Å². The van der Waals surface area contributed by atoms with Gasteiger partial charge in [-0.3, -0.25) is 10.1 Å². The molecule has 0 atom stereocenters. The number of ether oxygens (including phenoxy) is 2. The molecule has 3 aromatic rings. The number of thiazole rings is 1. The Labute approximate surface area is 173 Å². The van der Waals surface area contributed by atoms with Crippen molar-refractivity contribution in [3.05, 3.63) is 42.0 Å². The lowest BCUT2D eigenvalue weighted by Gasteiger charge is -2.14. The lowest BCUT2D eigenvalue weighted by Crippen LogP contribution is -2.26. The number of anilines is 1. The molecule has 154 valence electrons. The zero-order valence-corrected chi connectivity index (χ0v) is 18.1. The number of methoxy groups -OCH3 is 2. The first-order valence-corrected chi connectivity index (χ1v) is 11.0. The van der Waals surface area contributed by atoms with E-state index in [1.165, 1.54) is 43.0 Å². The maximum absolute atomic E-state index is 12.6. The Bertz CT molecular complexity index is 1140. The van der Waals surface area contributed by atoms with Crippen LogP contribution in [0, 0.1) is 0 Å². The van der Waals surface area contributed by atoms with E-state index >= 15 is 0 Å². The fourth-order valence-electron chi connectivity index (χ4n) is 2.58. The molecule has 0 spiro atoms. The standard InChI is InChI=1S/C19H21N3O5S2/c1-5-22(2)29(24,25)15-6-7-16-17(11-15)28-19(20-16)21-18(23)12-8-13(26-3)10-14(9-12)27-4/h6-11H,5H2,1-4H3,(H,20,21,23). The summed E-state index contributed by atoms with van der Waals surface area (Å²) in [5, 5.41) is 3.11. The Hall–Kier alpha value is -2.69. The zero-order chi connectivity index (χ0) is 21.2. The number of hydrogen-bond acceptors (Lipinski definition) is 7. The molecule has 0 saturated carbocycles. The summed E-state index contributed by atoms with van der Waals surface area (Å²) in [5.41, 5.74) is 0.958. The number of amides is 1. The highest BCUT2D eigenvalue weighted by Gasteiger charge is 2.20. The second-order valence-electron chi connectivity index (χ2n) is 6.12. The maximum Gasteiger partial charge on any atom is 0.257 e. The van der Waals surface area contributed by atoms with Crippen LogP contribution in [0.1, 0.15) is 17.3 Å². The molecule has 0 aliphatic heterocycles. The van der Waals surface area contributed by atoms with E-state index in [-0.39, 0.29) is 10.8 Å². The van der Waals surface area contributed by atoms with Crippen molar-refractivity contribution in [2.24, 2.45) is 0 Å². The molecule has 3 rings (SSSR count). The highest BCUT2D eigenvalue weighted by Crippen LogP contribution is 2.30. The van der Waals surface area contributed by atoms with Gasteiger partial charge in [-0.05, 0) is 30.3 Å². The van der Waals surface area contributed by atoms with E-state index in [9.17, 15) is 13.2 Å². The normalized spacial score (nSPS) is 11.6. The topological polar surface area (TPSA) is 97.8 Å². The molecule has 1 heterocycles. The molecule has 0 bridgehead atoms. The van der Waals surface area contributed by atoms with Gasteiger partial charge in [-0.25, -0.2) is 17.7 Å². The molecule has 0 unspecified atom stereocenters. The summed E-state index contributed by atoms with van der Waals surface area (Å²) in [6.45, 7) is 2.14. The van der Waals surface area contributed by atoms with Gasteiger partial charge < -0.3 is 9.47 Å². The van der Waals surface area contributed by atoms with Crippen LogP contribution < -0.4 is 14.8 Å². The Morgan fingerprint density at radius 3 is 2.38 bits per heavy atom. The van der Waals surface area contributed by atoms with Crippen LogP contribution in [-0.2, 0) is 10.0 Å². The highest BCUT2D eigenvalue weighted by atomic mass is 32.2. The van der Waals surface area contributed by atoms with Gasteiger partial charge in [-0.15, -0.1) is 0 Å². The molecule has 0 fully saturated rings. The summed E-state index contributed by atoms with van der Waals surface area (Å²) >= 11 is 1.20. The Kier molecular flexibility index (Phi) is 6.06. The minimum absolute atomic E-state index is 0.188. The molecule has 2 aromatic carbocycles. The van der Waals surface area contributed by atoms with E-state index in [1.54, 1.807) is 37.3 Å².